The Morgan fingerprint density at radius 2 is 2.35 bits per heavy atom. The highest BCUT2D eigenvalue weighted by Gasteiger charge is 2.20. The van der Waals surface area contributed by atoms with Gasteiger partial charge in [-0.25, -0.2) is 4.98 Å². The third-order valence-electron chi connectivity index (χ3n) is 3.72. The van der Waals surface area contributed by atoms with E-state index in [1.165, 1.54) is 24.2 Å². The number of hydrogen-bond acceptors (Lipinski definition) is 5. The topological polar surface area (TPSA) is 80.0 Å². The quantitative estimate of drug-likeness (QED) is 0.791. The monoisotopic (exact) mass is 290 g/mol. The van der Waals surface area contributed by atoms with Gasteiger partial charge in [-0.3, -0.25) is 4.79 Å². The van der Waals surface area contributed by atoms with E-state index in [0.29, 0.717) is 16.6 Å². The maximum Gasteiger partial charge on any atom is 0.263 e. The molecule has 0 aromatic carbocycles. The highest BCUT2D eigenvalue weighted by molar-refractivity contribution is 7.21. The van der Waals surface area contributed by atoms with Gasteiger partial charge in [0.05, 0.1) is 11.4 Å². The summed E-state index contributed by atoms with van der Waals surface area (Å²) in [6.45, 7) is 1.04. The molecule has 0 spiro atoms. The molecule has 106 valence electrons. The van der Waals surface area contributed by atoms with Gasteiger partial charge in [-0.05, 0) is 31.5 Å². The summed E-state index contributed by atoms with van der Waals surface area (Å²) in [7, 11) is 1.61. The predicted molar refractivity (Wildman–Crippen MR) is 82.0 cm³/mol. The maximum absolute atomic E-state index is 11.8. The number of thiophene rings is 1. The van der Waals surface area contributed by atoms with E-state index in [1.54, 1.807) is 7.05 Å². The van der Waals surface area contributed by atoms with Gasteiger partial charge in [0.15, 0.2) is 0 Å². The van der Waals surface area contributed by atoms with Gasteiger partial charge in [-0.1, -0.05) is 6.42 Å². The van der Waals surface area contributed by atoms with Crippen LogP contribution >= 0.6 is 11.3 Å². The van der Waals surface area contributed by atoms with Crippen molar-refractivity contribution in [3.63, 3.8) is 0 Å². The van der Waals surface area contributed by atoms with E-state index in [-0.39, 0.29) is 5.91 Å². The van der Waals surface area contributed by atoms with Crippen LogP contribution in [0.1, 0.15) is 40.7 Å². The summed E-state index contributed by atoms with van der Waals surface area (Å²) in [5.41, 5.74) is 7.61. The lowest BCUT2D eigenvalue weighted by atomic mass is 10.0. The summed E-state index contributed by atoms with van der Waals surface area (Å²) in [5, 5.41) is 6.97. The zero-order valence-corrected chi connectivity index (χ0v) is 12.2. The minimum atomic E-state index is -0.150. The van der Waals surface area contributed by atoms with Crippen molar-refractivity contribution in [2.75, 3.05) is 19.3 Å². The third-order valence-corrected chi connectivity index (χ3v) is 4.83. The number of amides is 1. The number of pyridine rings is 1. The molecule has 2 aromatic heterocycles. The van der Waals surface area contributed by atoms with E-state index >= 15 is 0 Å². The van der Waals surface area contributed by atoms with E-state index in [4.69, 9.17) is 10.7 Å². The molecule has 2 aromatic rings. The zero-order chi connectivity index (χ0) is 14.1. The molecule has 3 heterocycles. The van der Waals surface area contributed by atoms with Crippen LogP contribution in [0.3, 0.4) is 0 Å². The second-order valence-electron chi connectivity index (χ2n) is 5.02. The van der Waals surface area contributed by atoms with E-state index < -0.39 is 0 Å². The van der Waals surface area contributed by atoms with Crippen molar-refractivity contribution in [2.24, 2.45) is 0 Å². The van der Waals surface area contributed by atoms with Crippen molar-refractivity contribution in [3.05, 3.63) is 22.7 Å². The van der Waals surface area contributed by atoms with Crippen molar-refractivity contribution in [2.45, 2.75) is 25.3 Å². The molecular weight excluding hydrogens is 272 g/mol. The second-order valence-corrected chi connectivity index (χ2v) is 6.01. The fourth-order valence-electron chi connectivity index (χ4n) is 2.59. The van der Waals surface area contributed by atoms with Gasteiger partial charge in [0, 0.05) is 18.5 Å². The molecule has 1 aliphatic rings. The van der Waals surface area contributed by atoms with Crippen molar-refractivity contribution in [1.82, 2.24) is 15.6 Å². The maximum atomic E-state index is 11.8. The number of nitrogen functional groups attached to an aromatic ring is 1. The van der Waals surface area contributed by atoms with Crippen LogP contribution in [0, 0.1) is 0 Å². The van der Waals surface area contributed by atoms with Crippen LogP contribution in [0.25, 0.3) is 10.2 Å². The molecular formula is C14H18N4OS. The van der Waals surface area contributed by atoms with Crippen LogP contribution < -0.4 is 16.4 Å². The Bertz CT molecular complexity index is 646. The van der Waals surface area contributed by atoms with Gasteiger partial charge < -0.3 is 16.4 Å². The average Bonchev–Trinajstić information content (AvgIpc) is 2.84. The molecule has 3 rings (SSSR count). The van der Waals surface area contributed by atoms with Gasteiger partial charge in [0.2, 0.25) is 0 Å². The number of anilines is 1. The summed E-state index contributed by atoms with van der Waals surface area (Å²) in [6, 6.07) is 4.31. The van der Waals surface area contributed by atoms with Gasteiger partial charge in [0.1, 0.15) is 9.71 Å². The van der Waals surface area contributed by atoms with Gasteiger partial charge >= 0.3 is 0 Å². The number of fused-ring (bicyclic) bond motifs is 1. The third kappa shape index (κ3) is 2.25. The minimum Gasteiger partial charge on any atom is -0.397 e. The highest BCUT2D eigenvalue weighted by Crippen LogP contribution is 2.34. The van der Waals surface area contributed by atoms with Crippen molar-refractivity contribution < 1.29 is 4.79 Å². The van der Waals surface area contributed by atoms with Crippen molar-refractivity contribution >= 4 is 33.1 Å². The number of hydrogen-bond donors (Lipinski definition) is 3. The molecule has 0 bridgehead atoms. The summed E-state index contributed by atoms with van der Waals surface area (Å²) in [5.74, 6) is -0.150. The zero-order valence-electron chi connectivity index (χ0n) is 11.4. The van der Waals surface area contributed by atoms with E-state index in [9.17, 15) is 4.79 Å². The molecule has 1 atom stereocenters. The number of rotatable bonds is 2. The Labute approximate surface area is 121 Å². The molecule has 20 heavy (non-hydrogen) atoms. The van der Waals surface area contributed by atoms with Crippen LogP contribution in [0.2, 0.25) is 0 Å². The predicted octanol–water partition coefficient (Wildman–Crippen LogP) is 2.05. The SMILES string of the molecule is CNC(=O)c1sc2nc([C@@H]3CCCCN3)ccc2c1N. The van der Waals surface area contributed by atoms with Gasteiger partial charge in [-0.2, -0.15) is 0 Å². The molecule has 1 fully saturated rings. The lowest BCUT2D eigenvalue weighted by Crippen LogP contribution is -2.27. The Morgan fingerprint density at radius 3 is 3.05 bits per heavy atom. The number of nitrogens with one attached hydrogen (secondary N) is 2. The molecule has 0 unspecified atom stereocenters. The van der Waals surface area contributed by atoms with Crippen LogP contribution in [0.15, 0.2) is 12.1 Å². The normalized spacial score (nSPS) is 19.1. The van der Waals surface area contributed by atoms with Crippen molar-refractivity contribution in [1.29, 1.82) is 0 Å². The molecule has 6 heteroatoms. The lowest BCUT2D eigenvalue weighted by molar-refractivity contribution is 0.0968. The molecule has 0 radical (unpaired) electrons. The molecule has 5 nitrogen and oxygen atoms in total. The molecule has 4 N–H and O–H groups in total. The van der Waals surface area contributed by atoms with Gasteiger partial charge in [0.25, 0.3) is 5.91 Å². The standard InChI is InChI=1S/C14H18N4OS/c1-16-13(19)12-11(15)8-5-6-10(18-14(8)20-12)9-4-2-3-7-17-9/h5-6,9,17H,2-4,7,15H2,1H3,(H,16,19)/t9-/m0/s1. The molecule has 1 saturated heterocycles. The van der Waals surface area contributed by atoms with Gasteiger partial charge in [-0.15, -0.1) is 11.3 Å². The molecule has 1 amide bonds. The van der Waals surface area contributed by atoms with Crippen LogP contribution in [0.4, 0.5) is 5.69 Å². The first-order chi connectivity index (χ1) is 9.70. The smallest absolute Gasteiger partial charge is 0.263 e. The lowest BCUT2D eigenvalue weighted by Gasteiger charge is -2.22. The molecule has 0 saturated carbocycles. The van der Waals surface area contributed by atoms with E-state index in [1.807, 2.05) is 12.1 Å². The summed E-state index contributed by atoms with van der Waals surface area (Å²) in [6.07, 6.45) is 3.57. The Balaban J connectivity index is 2.00. The molecule has 1 aliphatic heterocycles. The number of carbonyl (C=O) groups excluding carboxylic acids is 1. The van der Waals surface area contributed by atoms with Crippen LogP contribution in [-0.4, -0.2) is 24.5 Å². The Morgan fingerprint density at radius 1 is 1.50 bits per heavy atom. The fourth-order valence-corrected chi connectivity index (χ4v) is 3.64. The first-order valence-electron chi connectivity index (χ1n) is 6.85. The first kappa shape index (κ1) is 13.3. The van der Waals surface area contributed by atoms with Crippen molar-refractivity contribution in [3.8, 4) is 0 Å². The number of aromatic nitrogens is 1. The van der Waals surface area contributed by atoms with E-state index in [0.717, 1.165) is 28.9 Å². The Hall–Kier alpha value is -1.66. The minimum absolute atomic E-state index is 0.150. The average molecular weight is 290 g/mol. The fraction of sp³-hybridized carbons (Fsp3) is 0.429. The number of nitrogens with zero attached hydrogens (tertiary/aromatic N) is 1. The summed E-state index contributed by atoms with van der Waals surface area (Å²) < 4.78 is 0. The van der Waals surface area contributed by atoms with E-state index in [2.05, 4.69) is 10.6 Å². The van der Waals surface area contributed by atoms with Crippen LogP contribution in [0.5, 0.6) is 0 Å². The summed E-state index contributed by atoms with van der Waals surface area (Å²) in [4.78, 5) is 17.8. The number of nitrogens with two attached hydrogens (primary N) is 1. The summed E-state index contributed by atoms with van der Waals surface area (Å²) >= 11 is 1.36. The number of piperidine rings is 1. The number of carbonyl (C=O) groups is 1. The largest absolute Gasteiger partial charge is 0.397 e. The van der Waals surface area contributed by atoms with Crippen LogP contribution in [-0.2, 0) is 0 Å². The molecule has 0 aliphatic carbocycles. The first-order valence-corrected chi connectivity index (χ1v) is 7.66. The highest BCUT2D eigenvalue weighted by atomic mass is 32.1. The second kappa shape index (κ2) is 5.38. The Kier molecular flexibility index (Phi) is 3.58.